The highest BCUT2D eigenvalue weighted by atomic mass is 32.2. The third kappa shape index (κ3) is 3.24. The summed E-state index contributed by atoms with van der Waals surface area (Å²) in [6, 6.07) is 14.0. The van der Waals surface area contributed by atoms with Crippen molar-refractivity contribution in [2.75, 3.05) is 0 Å². The van der Waals surface area contributed by atoms with Crippen LogP contribution in [0, 0.1) is 0 Å². The van der Waals surface area contributed by atoms with Gasteiger partial charge < -0.3 is 5.11 Å². The summed E-state index contributed by atoms with van der Waals surface area (Å²) in [5, 5.41) is 10.7. The number of hydrogen-bond donors (Lipinski definition) is 2. The predicted octanol–water partition coefficient (Wildman–Crippen LogP) is 2.21. The van der Waals surface area contributed by atoms with E-state index in [1.807, 2.05) is 12.1 Å². The lowest BCUT2D eigenvalue weighted by Gasteiger charge is -2.11. The zero-order valence-electron chi connectivity index (χ0n) is 12.3. The Balaban J connectivity index is 1.92. The molecule has 23 heavy (non-hydrogen) atoms. The van der Waals surface area contributed by atoms with Crippen LogP contribution in [0.25, 0.3) is 10.8 Å². The van der Waals surface area contributed by atoms with Crippen LogP contribution in [-0.4, -0.2) is 18.5 Å². The fourth-order valence-electron chi connectivity index (χ4n) is 2.46. The molecule has 3 rings (SSSR count). The first-order valence-electron chi connectivity index (χ1n) is 7.12. The number of fused-ring (bicyclic) bond motifs is 1. The highest BCUT2D eigenvalue weighted by Gasteiger charge is 2.17. The van der Waals surface area contributed by atoms with Gasteiger partial charge in [-0.25, -0.2) is 13.1 Å². The van der Waals surface area contributed by atoms with Crippen LogP contribution in [0.2, 0.25) is 0 Å². The first-order valence-corrected chi connectivity index (χ1v) is 8.60. The number of nitrogens with one attached hydrogen (secondary N) is 1. The van der Waals surface area contributed by atoms with Crippen molar-refractivity contribution < 1.29 is 13.5 Å². The monoisotopic (exact) mass is 328 g/mol. The van der Waals surface area contributed by atoms with Gasteiger partial charge in [0.25, 0.3) is 0 Å². The molecular formula is C17H16N2O3S. The number of aliphatic hydroxyl groups excluding tert-OH is 1. The first kappa shape index (κ1) is 15.6. The molecule has 6 heteroatoms. The molecule has 3 aromatic rings. The number of nitrogens with zero attached hydrogens (tertiary/aromatic N) is 1. The Morgan fingerprint density at radius 1 is 1.00 bits per heavy atom. The van der Waals surface area contributed by atoms with Gasteiger partial charge in [-0.05, 0) is 23.3 Å². The molecule has 118 valence electrons. The van der Waals surface area contributed by atoms with Crippen LogP contribution in [0.1, 0.15) is 11.1 Å². The van der Waals surface area contributed by atoms with E-state index in [1.54, 1.807) is 48.8 Å². The molecule has 0 saturated heterocycles. The number of hydrogen-bond acceptors (Lipinski definition) is 4. The van der Waals surface area contributed by atoms with Crippen LogP contribution in [0.15, 0.2) is 65.8 Å². The van der Waals surface area contributed by atoms with E-state index in [-0.39, 0.29) is 18.0 Å². The van der Waals surface area contributed by atoms with Gasteiger partial charge in [-0.2, -0.15) is 0 Å². The van der Waals surface area contributed by atoms with Crippen LogP contribution in [0.5, 0.6) is 0 Å². The minimum Gasteiger partial charge on any atom is -0.392 e. The summed E-state index contributed by atoms with van der Waals surface area (Å²) in [5.41, 5.74) is 1.46. The number of aromatic nitrogens is 1. The molecule has 1 aromatic heterocycles. The Bertz CT molecular complexity index is 934. The van der Waals surface area contributed by atoms with Gasteiger partial charge in [0.05, 0.1) is 11.5 Å². The quantitative estimate of drug-likeness (QED) is 0.752. The molecule has 2 aromatic carbocycles. The van der Waals surface area contributed by atoms with E-state index in [0.29, 0.717) is 10.9 Å². The maximum absolute atomic E-state index is 12.6. The van der Waals surface area contributed by atoms with E-state index in [0.717, 1.165) is 10.9 Å². The molecular weight excluding hydrogens is 312 g/mol. The minimum absolute atomic E-state index is 0.126. The molecule has 0 bridgehead atoms. The Kier molecular flexibility index (Phi) is 4.38. The molecule has 0 aliphatic carbocycles. The van der Waals surface area contributed by atoms with Crippen molar-refractivity contribution in [2.45, 2.75) is 18.0 Å². The second-order valence-corrected chi connectivity index (χ2v) is 6.84. The average molecular weight is 328 g/mol. The molecule has 0 fully saturated rings. The van der Waals surface area contributed by atoms with E-state index in [1.165, 1.54) is 0 Å². The molecule has 0 spiro atoms. The van der Waals surface area contributed by atoms with Gasteiger partial charge in [-0.3, -0.25) is 4.98 Å². The summed E-state index contributed by atoms with van der Waals surface area (Å²) >= 11 is 0. The fourth-order valence-corrected chi connectivity index (χ4v) is 3.70. The van der Waals surface area contributed by atoms with Crippen molar-refractivity contribution in [1.82, 2.24) is 9.71 Å². The Hall–Kier alpha value is -2.28. The summed E-state index contributed by atoms with van der Waals surface area (Å²) in [6.45, 7) is -0.00161. The SMILES string of the molecule is O=S(=O)(NCc1ccccc1CO)c1cccc2cnccc12. The third-order valence-electron chi connectivity index (χ3n) is 3.67. The van der Waals surface area contributed by atoms with Gasteiger partial charge in [-0.1, -0.05) is 36.4 Å². The second-order valence-electron chi connectivity index (χ2n) is 5.10. The average Bonchev–Trinajstić information content (AvgIpc) is 2.59. The predicted molar refractivity (Wildman–Crippen MR) is 88.1 cm³/mol. The highest BCUT2D eigenvalue weighted by Crippen LogP contribution is 2.22. The third-order valence-corrected chi connectivity index (χ3v) is 5.13. The van der Waals surface area contributed by atoms with Crippen molar-refractivity contribution in [2.24, 2.45) is 0 Å². The van der Waals surface area contributed by atoms with Gasteiger partial charge in [0.2, 0.25) is 10.0 Å². The molecule has 2 N–H and O–H groups in total. The highest BCUT2D eigenvalue weighted by molar-refractivity contribution is 7.89. The Morgan fingerprint density at radius 3 is 2.57 bits per heavy atom. The van der Waals surface area contributed by atoms with Crippen LogP contribution >= 0.6 is 0 Å². The molecule has 5 nitrogen and oxygen atoms in total. The first-order chi connectivity index (χ1) is 11.1. The molecule has 0 radical (unpaired) electrons. The smallest absolute Gasteiger partial charge is 0.241 e. The number of sulfonamides is 1. The fraction of sp³-hybridized carbons (Fsp3) is 0.118. The lowest BCUT2D eigenvalue weighted by atomic mass is 10.1. The second kappa shape index (κ2) is 6.45. The topological polar surface area (TPSA) is 79.3 Å². The number of rotatable bonds is 5. The lowest BCUT2D eigenvalue weighted by molar-refractivity contribution is 0.280. The molecule has 0 aliphatic heterocycles. The molecule has 0 aliphatic rings. The summed E-state index contributed by atoms with van der Waals surface area (Å²) < 4.78 is 27.8. The van der Waals surface area contributed by atoms with Crippen molar-refractivity contribution in [1.29, 1.82) is 0 Å². The van der Waals surface area contributed by atoms with Crippen LogP contribution in [0.3, 0.4) is 0 Å². The van der Waals surface area contributed by atoms with Crippen LogP contribution in [-0.2, 0) is 23.2 Å². The Morgan fingerprint density at radius 2 is 1.78 bits per heavy atom. The van der Waals surface area contributed by atoms with Crippen LogP contribution < -0.4 is 4.72 Å². The zero-order chi connectivity index (χ0) is 16.3. The molecule has 0 amide bonds. The minimum atomic E-state index is -3.67. The van der Waals surface area contributed by atoms with E-state index >= 15 is 0 Å². The molecule has 0 atom stereocenters. The maximum Gasteiger partial charge on any atom is 0.241 e. The summed E-state index contributed by atoms with van der Waals surface area (Å²) in [7, 11) is -3.67. The van der Waals surface area contributed by atoms with Gasteiger partial charge in [-0.15, -0.1) is 0 Å². The summed E-state index contributed by atoms with van der Waals surface area (Å²) in [6.07, 6.45) is 3.21. The molecule has 1 heterocycles. The number of benzene rings is 2. The summed E-state index contributed by atoms with van der Waals surface area (Å²) in [4.78, 5) is 4.23. The number of pyridine rings is 1. The maximum atomic E-state index is 12.6. The lowest BCUT2D eigenvalue weighted by Crippen LogP contribution is -2.24. The van der Waals surface area contributed by atoms with Gasteiger partial charge >= 0.3 is 0 Å². The Labute approximate surface area is 134 Å². The van der Waals surface area contributed by atoms with Crippen molar-refractivity contribution in [3.8, 4) is 0 Å². The zero-order valence-corrected chi connectivity index (χ0v) is 13.1. The van der Waals surface area contributed by atoms with Crippen molar-refractivity contribution in [3.05, 3.63) is 72.1 Å². The van der Waals surface area contributed by atoms with Crippen molar-refractivity contribution in [3.63, 3.8) is 0 Å². The van der Waals surface area contributed by atoms with Gasteiger partial charge in [0.1, 0.15) is 0 Å². The van der Waals surface area contributed by atoms with Gasteiger partial charge in [0, 0.05) is 29.7 Å². The normalized spacial score (nSPS) is 11.7. The summed E-state index contributed by atoms with van der Waals surface area (Å²) in [5.74, 6) is 0. The molecule has 0 unspecified atom stereocenters. The van der Waals surface area contributed by atoms with E-state index in [2.05, 4.69) is 9.71 Å². The van der Waals surface area contributed by atoms with Crippen molar-refractivity contribution >= 4 is 20.8 Å². The van der Waals surface area contributed by atoms with Gasteiger partial charge in [0.15, 0.2) is 0 Å². The van der Waals surface area contributed by atoms with E-state index in [4.69, 9.17) is 0 Å². The van der Waals surface area contributed by atoms with E-state index in [9.17, 15) is 13.5 Å². The standard InChI is InChI=1S/C17H16N2O3S/c20-12-15-5-2-1-4-13(15)11-19-23(21,22)17-7-3-6-14-10-18-9-8-16(14)17/h1-10,19-20H,11-12H2. The number of aliphatic hydroxyl groups is 1. The van der Waals surface area contributed by atoms with E-state index < -0.39 is 10.0 Å². The molecule has 0 saturated carbocycles. The largest absolute Gasteiger partial charge is 0.392 e. The van der Waals surface area contributed by atoms with Crippen LogP contribution in [0.4, 0.5) is 0 Å².